The fourth-order valence-electron chi connectivity index (χ4n) is 3.44. The molecule has 1 fully saturated rings. The van der Waals surface area contributed by atoms with Crippen LogP contribution in [0.25, 0.3) is 0 Å². The number of para-hydroxylation sites is 1. The smallest absolute Gasteiger partial charge is 0.225 e. The average molecular weight is 553 g/mol. The molecule has 1 aromatic heterocycles. The van der Waals surface area contributed by atoms with Crippen LogP contribution in [-0.4, -0.2) is 72.7 Å². The van der Waals surface area contributed by atoms with Crippen molar-refractivity contribution in [2.75, 3.05) is 51.2 Å². The normalized spacial score (nSPS) is 15.1. The molecule has 1 aromatic carbocycles. The maximum Gasteiger partial charge on any atom is 0.225 e. The fraction of sp³-hybridized carbons (Fsp3) is 0.522. The van der Waals surface area contributed by atoms with Crippen LogP contribution in [0.15, 0.2) is 47.7 Å². The van der Waals surface area contributed by atoms with E-state index in [0.29, 0.717) is 6.54 Å². The molecule has 1 saturated heterocycles. The van der Waals surface area contributed by atoms with Crippen LogP contribution in [0.4, 0.5) is 5.95 Å². The number of nitrogens with one attached hydrogen (secondary N) is 2. The molecule has 8 nitrogen and oxygen atoms in total. The van der Waals surface area contributed by atoms with Crippen LogP contribution in [0.1, 0.15) is 26.3 Å². The Morgan fingerprint density at radius 1 is 1.03 bits per heavy atom. The van der Waals surface area contributed by atoms with Crippen LogP contribution >= 0.6 is 24.0 Å². The Labute approximate surface area is 208 Å². The SMILES string of the molecule is CN=C(NCCN1CCN(c2ncccn2)CC1)NCc1ccccc1OC(C)(C)C.I. The van der Waals surface area contributed by atoms with Crippen LogP contribution in [0.5, 0.6) is 5.75 Å². The van der Waals surface area contributed by atoms with Crippen molar-refractivity contribution in [1.29, 1.82) is 0 Å². The van der Waals surface area contributed by atoms with Gasteiger partial charge in [0.2, 0.25) is 5.95 Å². The Bertz CT molecular complexity index is 834. The first-order valence-electron chi connectivity index (χ1n) is 10.9. The minimum Gasteiger partial charge on any atom is -0.488 e. The number of hydrogen-bond acceptors (Lipinski definition) is 6. The van der Waals surface area contributed by atoms with E-state index in [1.165, 1.54) is 0 Å². The molecule has 0 unspecified atom stereocenters. The third kappa shape index (κ3) is 8.42. The largest absolute Gasteiger partial charge is 0.488 e. The van der Waals surface area contributed by atoms with Crippen LogP contribution in [0.2, 0.25) is 0 Å². The lowest BCUT2D eigenvalue weighted by atomic mass is 10.1. The molecule has 0 aliphatic carbocycles. The van der Waals surface area contributed by atoms with Gasteiger partial charge in [0.25, 0.3) is 0 Å². The van der Waals surface area contributed by atoms with Crippen molar-refractivity contribution in [2.24, 2.45) is 4.99 Å². The van der Waals surface area contributed by atoms with Gasteiger partial charge in [0.1, 0.15) is 11.4 Å². The van der Waals surface area contributed by atoms with Gasteiger partial charge in [0, 0.05) is 70.8 Å². The topological polar surface area (TPSA) is 77.9 Å². The molecule has 0 saturated carbocycles. The summed E-state index contributed by atoms with van der Waals surface area (Å²) in [7, 11) is 1.80. The summed E-state index contributed by atoms with van der Waals surface area (Å²) in [5.74, 6) is 2.51. The monoisotopic (exact) mass is 553 g/mol. The number of guanidine groups is 1. The first-order chi connectivity index (χ1) is 14.9. The minimum absolute atomic E-state index is 0. The number of halogens is 1. The van der Waals surface area contributed by atoms with Gasteiger partial charge in [-0.1, -0.05) is 18.2 Å². The van der Waals surface area contributed by atoms with Crippen molar-refractivity contribution in [3.05, 3.63) is 48.3 Å². The molecule has 0 atom stereocenters. The molecular weight excluding hydrogens is 517 g/mol. The zero-order chi connectivity index (χ0) is 22.1. The van der Waals surface area contributed by atoms with E-state index < -0.39 is 0 Å². The molecule has 1 aliphatic heterocycles. The van der Waals surface area contributed by atoms with E-state index >= 15 is 0 Å². The number of ether oxygens (including phenoxy) is 1. The van der Waals surface area contributed by atoms with E-state index in [1.807, 2.05) is 24.3 Å². The highest BCUT2D eigenvalue weighted by molar-refractivity contribution is 14.0. The number of hydrogen-bond donors (Lipinski definition) is 2. The summed E-state index contributed by atoms with van der Waals surface area (Å²) < 4.78 is 6.08. The Hall–Kier alpha value is -2.14. The van der Waals surface area contributed by atoms with E-state index in [4.69, 9.17) is 4.74 Å². The lowest BCUT2D eigenvalue weighted by Gasteiger charge is -2.34. The van der Waals surface area contributed by atoms with E-state index in [0.717, 1.165) is 62.5 Å². The van der Waals surface area contributed by atoms with Crippen molar-refractivity contribution < 1.29 is 4.74 Å². The van der Waals surface area contributed by atoms with Crippen LogP contribution in [0, 0.1) is 0 Å². The van der Waals surface area contributed by atoms with Crippen molar-refractivity contribution in [3.8, 4) is 5.75 Å². The summed E-state index contributed by atoms with van der Waals surface area (Å²) in [5.41, 5.74) is 0.881. The molecule has 0 bridgehead atoms. The Kier molecular flexibility index (Phi) is 10.4. The lowest BCUT2D eigenvalue weighted by Crippen LogP contribution is -2.49. The Morgan fingerprint density at radius 3 is 2.38 bits per heavy atom. The van der Waals surface area contributed by atoms with Gasteiger partial charge < -0.3 is 20.3 Å². The predicted molar refractivity (Wildman–Crippen MR) is 141 cm³/mol. The number of rotatable bonds is 7. The van der Waals surface area contributed by atoms with E-state index in [-0.39, 0.29) is 29.6 Å². The van der Waals surface area contributed by atoms with Gasteiger partial charge in [-0.25, -0.2) is 9.97 Å². The first-order valence-corrected chi connectivity index (χ1v) is 10.9. The van der Waals surface area contributed by atoms with Crippen molar-refractivity contribution in [3.63, 3.8) is 0 Å². The molecule has 2 N–H and O–H groups in total. The number of piperazine rings is 1. The lowest BCUT2D eigenvalue weighted by molar-refractivity contribution is 0.129. The third-order valence-corrected chi connectivity index (χ3v) is 4.99. The second kappa shape index (κ2) is 12.8. The van der Waals surface area contributed by atoms with Crippen LogP contribution in [0.3, 0.4) is 0 Å². The Morgan fingerprint density at radius 2 is 1.72 bits per heavy atom. The van der Waals surface area contributed by atoms with Gasteiger partial charge in [-0.05, 0) is 32.9 Å². The molecule has 0 radical (unpaired) electrons. The molecule has 0 spiro atoms. The summed E-state index contributed by atoms with van der Waals surface area (Å²) >= 11 is 0. The molecule has 176 valence electrons. The van der Waals surface area contributed by atoms with Gasteiger partial charge in [-0.15, -0.1) is 24.0 Å². The highest BCUT2D eigenvalue weighted by Gasteiger charge is 2.18. The summed E-state index contributed by atoms with van der Waals surface area (Å²) in [6, 6.07) is 9.97. The van der Waals surface area contributed by atoms with E-state index in [9.17, 15) is 0 Å². The zero-order valence-electron chi connectivity index (χ0n) is 19.5. The maximum atomic E-state index is 6.08. The number of benzene rings is 1. The van der Waals surface area contributed by atoms with Gasteiger partial charge in [0.15, 0.2) is 5.96 Å². The summed E-state index contributed by atoms with van der Waals surface area (Å²) in [5, 5.41) is 6.81. The Balaban J connectivity index is 0.00000363. The fourth-order valence-corrected chi connectivity index (χ4v) is 3.44. The first kappa shape index (κ1) is 26.1. The molecule has 2 heterocycles. The molecule has 2 aromatic rings. The standard InChI is InChI=1S/C23H35N7O.HI/c1-23(2,3)31-20-9-6-5-8-19(20)18-28-21(24-4)25-12-13-29-14-16-30(17-15-29)22-26-10-7-11-27-22;/h5-11H,12-18H2,1-4H3,(H2,24,25,28);1H. The van der Waals surface area contributed by atoms with Crippen LogP contribution in [-0.2, 0) is 6.54 Å². The maximum absolute atomic E-state index is 6.08. The zero-order valence-corrected chi connectivity index (χ0v) is 21.9. The van der Waals surface area contributed by atoms with Gasteiger partial charge >= 0.3 is 0 Å². The predicted octanol–water partition coefficient (Wildman–Crippen LogP) is 2.76. The van der Waals surface area contributed by atoms with Crippen molar-refractivity contribution in [2.45, 2.75) is 32.9 Å². The number of anilines is 1. The molecule has 0 amide bonds. The van der Waals surface area contributed by atoms with E-state index in [1.54, 1.807) is 19.4 Å². The van der Waals surface area contributed by atoms with E-state index in [2.05, 4.69) is 62.2 Å². The number of nitrogens with zero attached hydrogens (tertiary/aromatic N) is 5. The van der Waals surface area contributed by atoms with Crippen LogP contribution < -0.4 is 20.3 Å². The van der Waals surface area contributed by atoms with Gasteiger partial charge in [-0.2, -0.15) is 0 Å². The quantitative estimate of drug-likeness (QED) is 0.310. The summed E-state index contributed by atoms with van der Waals surface area (Å²) in [6.45, 7) is 12.5. The number of aliphatic imine (C=N–C) groups is 1. The summed E-state index contributed by atoms with van der Waals surface area (Å²) in [6.07, 6.45) is 3.59. The second-order valence-electron chi connectivity index (χ2n) is 8.55. The molecule has 1 aliphatic rings. The highest BCUT2D eigenvalue weighted by atomic mass is 127. The average Bonchev–Trinajstić information content (AvgIpc) is 2.77. The molecule has 3 rings (SSSR count). The molecule has 9 heteroatoms. The number of aromatic nitrogens is 2. The second-order valence-corrected chi connectivity index (χ2v) is 8.55. The van der Waals surface area contributed by atoms with Crippen molar-refractivity contribution in [1.82, 2.24) is 25.5 Å². The third-order valence-electron chi connectivity index (χ3n) is 4.99. The van der Waals surface area contributed by atoms with Gasteiger partial charge in [0.05, 0.1) is 0 Å². The van der Waals surface area contributed by atoms with Gasteiger partial charge in [-0.3, -0.25) is 9.89 Å². The summed E-state index contributed by atoms with van der Waals surface area (Å²) in [4.78, 5) is 17.7. The molecular formula is C23H36IN7O. The minimum atomic E-state index is -0.229. The van der Waals surface area contributed by atoms with Crippen molar-refractivity contribution >= 4 is 35.9 Å². The molecule has 32 heavy (non-hydrogen) atoms. The highest BCUT2D eigenvalue weighted by Crippen LogP contribution is 2.22.